The fraction of sp³-hybridized carbons (Fsp3) is 0.278. The Hall–Kier alpha value is -3.29. The second-order valence-corrected chi connectivity index (χ2v) is 5.47. The van der Waals surface area contributed by atoms with E-state index in [1.807, 2.05) is 31.2 Å². The van der Waals surface area contributed by atoms with Crippen molar-refractivity contribution in [2.75, 3.05) is 19.8 Å². The van der Waals surface area contributed by atoms with Crippen molar-refractivity contribution in [2.45, 2.75) is 13.5 Å². The molecule has 26 heavy (non-hydrogen) atoms. The molecular formula is C18H20N4O4. The lowest BCUT2D eigenvalue weighted by molar-refractivity contribution is -0.122. The molecule has 0 atom stereocenters. The number of aromatic nitrogens is 3. The summed E-state index contributed by atoms with van der Waals surface area (Å²) in [7, 11) is 0. The van der Waals surface area contributed by atoms with Crippen molar-refractivity contribution in [1.29, 1.82) is 0 Å². The van der Waals surface area contributed by atoms with Crippen LogP contribution in [0.15, 0.2) is 53.5 Å². The molecule has 0 fully saturated rings. The van der Waals surface area contributed by atoms with Crippen LogP contribution in [0.5, 0.6) is 11.5 Å². The summed E-state index contributed by atoms with van der Waals surface area (Å²) >= 11 is 0. The van der Waals surface area contributed by atoms with Gasteiger partial charge in [0.05, 0.1) is 13.2 Å². The van der Waals surface area contributed by atoms with Gasteiger partial charge in [-0.2, -0.15) is 0 Å². The van der Waals surface area contributed by atoms with Crippen LogP contribution in [0.3, 0.4) is 0 Å². The molecule has 0 saturated heterocycles. The Balaban J connectivity index is 1.45. The first-order valence-electron chi connectivity index (χ1n) is 8.34. The molecule has 0 radical (unpaired) electrons. The predicted molar refractivity (Wildman–Crippen MR) is 95.6 cm³/mol. The highest BCUT2D eigenvalue weighted by Gasteiger charge is 2.09. The van der Waals surface area contributed by atoms with E-state index < -0.39 is 0 Å². The molecular weight excluding hydrogens is 336 g/mol. The van der Waals surface area contributed by atoms with Gasteiger partial charge < -0.3 is 14.8 Å². The lowest BCUT2D eigenvalue weighted by atomic mass is 10.3. The maximum atomic E-state index is 12.1. The van der Waals surface area contributed by atoms with Crippen LogP contribution in [-0.2, 0) is 11.3 Å². The molecule has 0 aliphatic carbocycles. The standard InChI is InChI=1S/C18H20N4O4/c1-2-25-14-6-8-15(9-7-14)26-12-10-19-17(23)13-22-18(24)21-11-4-3-5-16(21)20-22/h3-9,11H,2,10,12-13H2,1H3,(H,19,23). The second kappa shape index (κ2) is 8.19. The summed E-state index contributed by atoms with van der Waals surface area (Å²) in [6.45, 7) is 3.05. The summed E-state index contributed by atoms with van der Waals surface area (Å²) < 4.78 is 13.4. The number of hydrogen-bond donors (Lipinski definition) is 1. The number of nitrogens with zero attached hydrogens (tertiary/aromatic N) is 3. The first-order chi connectivity index (χ1) is 12.7. The molecule has 1 aromatic carbocycles. The number of carbonyl (C=O) groups excluding carboxylic acids is 1. The van der Waals surface area contributed by atoms with Crippen molar-refractivity contribution >= 4 is 11.6 Å². The zero-order valence-corrected chi connectivity index (χ0v) is 14.4. The van der Waals surface area contributed by atoms with Gasteiger partial charge in [-0.05, 0) is 43.3 Å². The number of nitrogens with one attached hydrogen (secondary N) is 1. The van der Waals surface area contributed by atoms with Gasteiger partial charge in [0, 0.05) is 6.20 Å². The molecule has 8 nitrogen and oxygen atoms in total. The molecule has 3 rings (SSSR count). The first-order valence-corrected chi connectivity index (χ1v) is 8.34. The van der Waals surface area contributed by atoms with E-state index >= 15 is 0 Å². The highest BCUT2D eigenvalue weighted by atomic mass is 16.5. The molecule has 0 aliphatic rings. The van der Waals surface area contributed by atoms with Gasteiger partial charge in [0.2, 0.25) is 5.91 Å². The molecule has 0 spiro atoms. The molecule has 3 aromatic rings. The molecule has 0 unspecified atom stereocenters. The zero-order valence-electron chi connectivity index (χ0n) is 14.4. The Morgan fingerprint density at radius 3 is 2.54 bits per heavy atom. The molecule has 0 aliphatic heterocycles. The number of carbonyl (C=O) groups is 1. The smallest absolute Gasteiger partial charge is 0.350 e. The summed E-state index contributed by atoms with van der Waals surface area (Å²) in [6, 6.07) is 12.5. The summed E-state index contributed by atoms with van der Waals surface area (Å²) in [5.74, 6) is 1.18. The van der Waals surface area contributed by atoms with Gasteiger partial charge in [-0.1, -0.05) is 6.07 Å². The largest absolute Gasteiger partial charge is 0.494 e. The minimum Gasteiger partial charge on any atom is -0.494 e. The Morgan fingerprint density at radius 1 is 1.12 bits per heavy atom. The van der Waals surface area contributed by atoms with Crippen molar-refractivity contribution < 1.29 is 14.3 Å². The molecule has 8 heteroatoms. The fourth-order valence-electron chi connectivity index (χ4n) is 2.42. The van der Waals surface area contributed by atoms with Gasteiger partial charge >= 0.3 is 5.69 Å². The summed E-state index contributed by atoms with van der Waals surface area (Å²) in [6.07, 6.45) is 1.61. The third-order valence-corrected chi connectivity index (χ3v) is 3.61. The normalized spacial score (nSPS) is 10.7. The topological polar surface area (TPSA) is 86.9 Å². The first kappa shape index (κ1) is 17.5. The summed E-state index contributed by atoms with van der Waals surface area (Å²) in [5.41, 5.74) is 0.158. The minimum absolute atomic E-state index is 0.135. The molecule has 0 saturated carbocycles. The van der Waals surface area contributed by atoms with Gasteiger partial charge in [0.25, 0.3) is 0 Å². The molecule has 2 heterocycles. The van der Waals surface area contributed by atoms with Gasteiger partial charge in [-0.15, -0.1) is 5.10 Å². The van der Waals surface area contributed by atoms with E-state index in [0.29, 0.717) is 31.2 Å². The van der Waals surface area contributed by atoms with Crippen molar-refractivity contribution in [1.82, 2.24) is 19.5 Å². The maximum Gasteiger partial charge on any atom is 0.350 e. The summed E-state index contributed by atoms with van der Waals surface area (Å²) in [5, 5.41) is 6.82. The van der Waals surface area contributed by atoms with E-state index in [4.69, 9.17) is 9.47 Å². The quantitative estimate of drug-likeness (QED) is 0.611. The molecule has 1 amide bonds. The second-order valence-electron chi connectivity index (χ2n) is 5.47. The molecule has 1 N–H and O–H groups in total. The van der Waals surface area contributed by atoms with E-state index in [2.05, 4.69) is 10.4 Å². The SMILES string of the molecule is CCOc1ccc(OCCNC(=O)Cn2nc3ccccn3c2=O)cc1. The van der Waals surface area contributed by atoms with Gasteiger partial charge in [0.15, 0.2) is 5.65 Å². The Labute approximate surface area is 150 Å². The Morgan fingerprint density at radius 2 is 1.85 bits per heavy atom. The number of amides is 1. The number of benzene rings is 1. The minimum atomic E-state index is -0.346. The number of ether oxygens (including phenoxy) is 2. The van der Waals surface area contributed by atoms with Crippen LogP contribution in [0, 0.1) is 0 Å². The van der Waals surface area contributed by atoms with Crippen LogP contribution < -0.4 is 20.5 Å². The average Bonchev–Trinajstić information content (AvgIpc) is 2.96. The van der Waals surface area contributed by atoms with E-state index in [-0.39, 0.29) is 18.1 Å². The van der Waals surface area contributed by atoms with Gasteiger partial charge in [-0.3, -0.25) is 9.20 Å². The van der Waals surface area contributed by atoms with E-state index in [0.717, 1.165) is 10.4 Å². The van der Waals surface area contributed by atoms with Crippen molar-refractivity contribution in [2.24, 2.45) is 0 Å². The van der Waals surface area contributed by atoms with Crippen LogP contribution >= 0.6 is 0 Å². The highest BCUT2D eigenvalue weighted by molar-refractivity contribution is 5.75. The van der Waals surface area contributed by atoms with E-state index in [1.54, 1.807) is 24.4 Å². The third kappa shape index (κ3) is 4.21. The number of rotatable bonds is 8. The maximum absolute atomic E-state index is 12.1. The molecule has 0 bridgehead atoms. The Kier molecular flexibility index (Phi) is 5.52. The molecule has 136 valence electrons. The Bertz CT molecular complexity index is 930. The van der Waals surface area contributed by atoms with Gasteiger partial charge in [-0.25, -0.2) is 9.48 Å². The number of pyridine rings is 1. The number of hydrogen-bond acceptors (Lipinski definition) is 5. The van der Waals surface area contributed by atoms with Crippen LogP contribution in [0.2, 0.25) is 0 Å². The lowest BCUT2D eigenvalue weighted by Crippen LogP contribution is -2.34. The highest BCUT2D eigenvalue weighted by Crippen LogP contribution is 2.17. The van der Waals surface area contributed by atoms with E-state index in [9.17, 15) is 9.59 Å². The third-order valence-electron chi connectivity index (χ3n) is 3.61. The predicted octanol–water partition coefficient (Wildman–Crippen LogP) is 1.09. The van der Waals surface area contributed by atoms with Crippen molar-refractivity contribution in [3.63, 3.8) is 0 Å². The average molecular weight is 356 g/mol. The van der Waals surface area contributed by atoms with Crippen LogP contribution in [0.4, 0.5) is 0 Å². The monoisotopic (exact) mass is 356 g/mol. The van der Waals surface area contributed by atoms with Crippen molar-refractivity contribution in [3.8, 4) is 11.5 Å². The van der Waals surface area contributed by atoms with Crippen LogP contribution in [0.1, 0.15) is 6.92 Å². The fourth-order valence-corrected chi connectivity index (χ4v) is 2.42. The zero-order chi connectivity index (χ0) is 18.4. The van der Waals surface area contributed by atoms with Crippen LogP contribution in [0.25, 0.3) is 5.65 Å². The lowest BCUT2D eigenvalue weighted by Gasteiger charge is -2.08. The van der Waals surface area contributed by atoms with Gasteiger partial charge in [0.1, 0.15) is 24.7 Å². The van der Waals surface area contributed by atoms with Crippen molar-refractivity contribution in [3.05, 3.63) is 59.1 Å². The van der Waals surface area contributed by atoms with E-state index in [1.165, 1.54) is 4.40 Å². The van der Waals surface area contributed by atoms with Crippen LogP contribution in [-0.4, -0.2) is 39.8 Å². The molecule has 2 aromatic heterocycles. The number of fused-ring (bicyclic) bond motifs is 1. The summed E-state index contributed by atoms with van der Waals surface area (Å²) in [4.78, 5) is 24.1.